The van der Waals surface area contributed by atoms with E-state index in [-0.39, 0.29) is 11.9 Å². The number of carbonyl (C=O) groups is 1. The zero-order valence-corrected chi connectivity index (χ0v) is 10.9. The molecule has 2 N–H and O–H groups in total. The topological polar surface area (TPSA) is 41.1 Å². The number of anilines is 1. The molecule has 18 heavy (non-hydrogen) atoms. The molecular formula is C14H17ClN2O. The van der Waals surface area contributed by atoms with Crippen molar-refractivity contribution in [1.29, 1.82) is 0 Å². The van der Waals surface area contributed by atoms with Crippen molar-refractivity contribution in [2.75, 3.05) is 11.9 Å². The molecule has 1 aliphatic heterocycles. The molecule has 1 saturated heterocycles. The average Bonchev–Trinajstić information content (AvgIpc) is 2.93. The fourth-order valence-corrected chi connectivity index (χ4v) is 3.43. The van der Waals surface area contributed by atoms with Crippen LogP contribution < -0.4 is 10.6 Å². The molecule has 0 spiro atoms. The Labute approximate surface area is 112 Å². The number of carbonyl (C=O) groups excluding carboxylic acids is 1. The normalized spacial score (nSPS) is 30.2. The van der Waals surface area contributed by atoms with E-state index in [2.05, 4.69) is 10.6 Å². The quantitative estimate of drug-likeness (QED) is 0.862. The van der Waals surface area contributed by atoms with Crippen molar-refractivity contribution >= 4 is 23.2 Å². The molecule has 1 aromatic carbocycles. The molecule has 3 atom stereocenters. The number of para-hydroxylation sites is 1. The van der Waals surface area contributed by atoms with Crippen LogP contribution in [0.25, 0.3) is 0 Å². The van der Waals surface area contributed by atoms with Crippen LogP contribution >= 0.6 is 11.6 Å². The maximum atomic E-state index is 12.3. The molecule has 1 saturated carbocycles. The molecule has 3 rings (SSSR count). The van der Waals surface area contributed by atoms with Gasteiger partial charge in [-0.2, -0.15) is 0 Å². The fourth-order valence-electron chi connectivity index (χ4n) is 3.25. The van der Waals surface area contributed by atoms with Crippen LogP contribution in [0.4, 0.5) is 5.69 Å². The Hall–Kier alpha value is -1.06. The SMILES string of the molecule is O=C(Nc1ccccc1Cl)C1NCC2CCCC21. The third kappa shape index (κ3) is 2.13. The number of hydrogen-bond donors (Lipinski definition) is 2. The van der Waals surface area contributed by atoms with E-state index in [1.54, 1.807) is 6.07 Å². The Bertz CT molecular complexity index is 463. The Kier molecular flexibility index (Phi) is 3.27. The lowest BCUT2D eigenvalue weighted by molar-refractivity contribution is -0.118. The van der Waals surface area contributed by atoms with Crippen LogP contribution in [0.15, 0.2) is 24.3 Å². The average molecular weight is 265 g/mol. The van der Waals surface area contributed by atoms with Crippen molar-refractivity contribution in [1.82, 2.24) is 5.32 Å². The zero-order valence-electron chi connectivity index (χ0n) is 10.2. The number of hydrogen-bond acceptors (Lipinski definition) is 2. The number of benzene rings is 1. The molecule has 1 aromatic rings. The van der Waals surface area contributed by atoms with Gasteiger partial charge in [0, 0.05) is 0 Å². The molecule has 0 aromatic heterocycles. The highest BCUT2D eigenvalue weighted by atomic mass is 35.5. The number of nitrogens with one attached hydrogen (secondary N) is 2. The lowest BCUT2D eigenvalue weighted by atomic mass is 9.93. The molecular weight excluding hydrogens is 248 g/mol. The fraction of sp³-hybridized carbons (Fsp3) is 0.500. The van der Waals surface area contributed by atoms with E-state index in [0.717, 1.165) is 13.0 Å². The summed E-state index contributed by atoms with van der Waals surface area (Å²) in [5, 5.41) is 6.86. The second-order valence-electron chi connectivity index (χ2n) is 5.21. The minimum Gasteiger partial charge on any atom is -0.323 e. The monoisotopic (exact) mass is 264 g/mol. The highest BCUT2D eigenvalue weighted by Gasteiger charge is 2.42. The summed E-state index contributed by atoms with van der Waals surface area (Å²) in [5.41, 5.74) is 0.701. The number of fused-ring (bicyclic) bond motifs is 1. The van der Waals surface area contributed by atoms with Gasteiger partial charge in [0.15, 0.2) is 0 Å². The molecule has 0 radical (unpaired) electrons. The van der Waals surface area contributed by atoms with E-state index in [1.165, 1.54) is 12.8 Å². The first-order valence-corrected chi connectivity index (χ1v) is 6.92. The maximum absolute atomic E-state index is 12.3. The van der Waals surface area contributed by atoms with Gasteiger partial charge in [0.05, 0.1) is 16.8 Å². The first kappa shape index (κ1) is 12.0. The minimum atomic E-state index is -0.0474. The van der Waals surface area contributed by atoms with Crippen molar-refractivity contribution in [3.05, 3.63) is 29.3 Å². The highest BCUT2D eigenvalue weighted by Crippen LogP contribution is 2.38. The highest BCUT2D eigenvalue weighted by molar-refractivity contribution is 6.33. The van der Waals surface area contributed by atoms with Crippen LogP contribution in [-0.4, -0.2) is 18.5 Å². The van der Waals surface area contributed by atoms with Crippen LogP contribution in [0.1, 0.15) is 19.3 Å². The molecule has 3 nitrogen and oxygen atoms in total. The second-order valence-corrected chi connectivity index (χ2v) is 5.62. The maximum Gasteiger partial charge on any atom is 0.241 e. The van der Waals surface area contributed by atoms with Gasteiger partial charge in [-0.15, -0.1) is 0 Å². The van der Waals surface area contributed by atoms with Gasteiger partial charge < -0.3 is 10.6 Å². The van der Waals surface area contributed by atoms with E-state index in [9.17, 15) is 4.79 Å². The summed E-state index contributed by atoms with van der Waals surface area (Å²) in [4.78, 5) is 12.3. The molecule has 0 bridgehead atoms. The lowest BCUT2D eigenvalue weighted by Gasteiger charge is -2.18. The predicted octanol–water partition coefficient (Wildman–Crippen LogP) is 2.67. The summed E-state index contributed by atoms with van der Waals surface area (Å²) >= 11 is 6.05. The number of rotatable bonds is 2. The summed E-state index contributed by atoms with van der Waals surface area (Å²) in [5.74, 6) is 1.25. The Balaban J connectivity index is 1.70. The lowest BCUT2D eigenvalue weighted by Crippen LogP contribution is -2.39. The van der Waals surface area contributed by atoms with E-state index in [1.807, 2.05) is 18.2 Å². The van der Waals surface area contributed by atoms with Crippen molar-refractivity contribution in [2.24, 2.45) is 11.8 Å². The summed E-state index contributed by atoms with van der Waals surface area (Å²) in [6.45, 7) is 0.977. The molecule has 4 heteroatoms. The van der Waals surface area contributed by atoms with Crippen molar-refractivity contribution < 1.29 is 4.79 Å². The summed E-state index contributed by atoms with van der Waals surface area (Å²) in [7, 11) is 0. The summed E-state index contributed by atoms with van der Waals surface area (Å²) in [6, 6.07) is 7.31. The first-order valence-electron chi connectivity index (χ1n) is 6.54. The van der Waals surface area contributed by atoms with Gasteiger partial charge in [-0.25, -0.2) is 0 Å². The van der Waals surface area contributed by atoms with E-state index in [4.69, 9.17) is 11.6 Å². The second kappa shape index (κ2) is 4.90. The smallest absolute Gasteiger partial charge is 0.241 e. The van der Waals surface area contributed by atoms with Crippen LogP contribution in [0.2, 0.25) is 5.02 Å². The van der Waals surface area contributed by atoms with Gasteiger partial charge in [0.25, 0.3) is 0 Å². The standard InChI is InChI=1S/C14H17ClN2O/c15-11-6-1-2-7-12(11)17-14(18)13-10-5-3-4-9(10)8-16-13/h1-2,6-7,9-10,13,16H,3-5,8H2,(H,17,18). The van der Waals surface area contributed by atoms with Gasteiger partial charge in [-0.05, 0) is 43.4 Å². The third-order valence-corrected chi connectivity index (χ3v) is 4.49. The largest absolute Gasteiger partial charge is 0.323 e. The molecule has 1 aliphatic carbocycles. The third-order valence-electron chi connectivity index (χ3n) is 4.16. The Morgan fingerprint density at radius 2 is 2.17 bits per heavy atom. The first-order chi connectivity index (χ1) is 8.75. The van der Waals surface area contributed by atoms with Crippen molar-refractivity contribution in [3.8, 4) is 0 Å². The number of amides is 1. The van der Waals surface area contributed by atoms with Crippen LogP contribution in [-0.2, 0) is 4.79 Å². The summed E-state index contributed by atoms with van der Waals surface area (Å²) in [6.07, 6.45) is 3.68. The molecule has 96 valence electrons. The molecule has 2 aliphatic rings. The van der Waals surface area contributed by atoms with Crippen molar-refractivity contribution in [3.63, 3.8) is 0 Å². The number of halogens is 1. The van der Waals surface area contributed by atoms with Gasteiger partial charge in [-0.3, -0.25) is 4.79 Å². The Morgan fingerprint density at radius 1 is 1.33 bits per heavy atom. The van der Waals surface area contributed by atoms with Crippen LogP contribution in [0.5, 0.6) is 0 Å². The molecule has 2 fully saturated rings. The summed E-state index contributed by atoms with van der Waals surface area (Å²) < 4.78 is 0. The van der Waals surface area contributed by atoms with Crippen molar-refractivity contribution in [2.45, 2.75) is 25.3 Å². The van der Waals surface area contributed by atoms with Gasteiger partial charge in [-0.1, -0.05) is 30.2 Å². The zero-order chi connectivity index (χ0) is 12.5. The molecule has 3 unspecified atom stereocenters. The van der Waals surface area contributed by atoms with E-state index in [0.29, 0.717) is 22.5 Å². The molecule has 1 amide bonds. The van der Waals surface area contributed by atoms with Gasteiger partial charge in [0.1, 0.15) is 0 Å². The van der Waals surface area contributed by atoms with Gasteiger partial charge >= 0.3 is 0 Å². The van der Waals surface area contributed by atoms with Gasteiger partial charge in [0.2, 0.25) is 5.91 Å². The Morgan fingerprint density at radius 3 is 3.00 bits per heavy atom. The van der Waals surface area contributed by atoms with E-state index < -0.39 is 0 Å². The van der Waals surface area contributed by atoms with Crippen LogP contribution in [0.3, 0.4) is 0 Å². The van der Waals surface area contributed by atoms with Crippen LogP contribution in [0, 0.1) is 11.8 Å². The predicted molar refractivity (Wildman–Crippen MR) is 72.7 cm³/mol. The van der Waals surface area contributed by atoms with E-state index >= 15 is 0 Å². The minimum absolute atomic E-state index is 0.0474. The molecule has 1 heterocycles.